The molecule has 0 aromatic heterocycles. The van der Waals surface area contributed by atoms with Crippen LogP contribution in [0.25, 0.3) is 0 Å². The molecular formula is C22H27NO4. The molecule has 2 aromatic rings. The van der Waals surface area contributed by atoms with Gasteiger partial charge in [0.2, 0.25) is 6.10 Å². The molecule has 2 unspecified atom stereocenters. The summed E-state index contributed by atoms with van der Waals surface area (Å²) in [5.74, 6) is 2.29. The third kappa shape index (κ3) is 4.02. The Morgan fingerprint density at radius 2 is 1.85 bits per heavy atom. The van der Waals surface area contributed by atoms with Gasteiger partial charge in [0.25, 0.3) is 5.91 Å². The maximum atomic E-state index is 12.7. The van der Waals surface area contributed by atoms with Crippen LogP contribution in [0.2, 0.25) is 0 Å². The predicted octanol–water partition coefficient (Wildman–Crippen LogP) is 4.14. The summed E-state index contributed by atoms with van der Waals surface area (Å²) < 4.78 is 17.0. The van der Waals surface area contributed by atoms with Crippen LogP contribution in [0.4, 0.5) is 0 Å². The van der Waals surface area contributed by atoms with E-state index in [0.717, 1.165) is 22.4 Å². The first-order valence-corrected chi connectivity index (χ1v) is 9.28. The second-order valence-corrected chi connectivity index (χ2v) is 7.20. The Bertz CT molecular complexity index is 831. The van der Waals surface area contributed by atoms with Gasteiger partial charge in [-0.15, -0.1) is 0 Å². The van der Waals surface area contributed by atoms with Crippen LogP contribution in [0, 0.1) is 6.92 Å². The van der Waals surface area contributed by atoms with Crippen molar-refractivity contribution in [3.63, 3.8) is 0 Å². The van der Waals surface area contributed by atoms with Crippen molar-refractivity contribution in [2.24, 2.45) is 0 Å². The van der Waals surface area contributed by atoms with Gasteiger partial charge in [0.05, 0.1) is 13.2 Å². The van der Waals surface area contributed by atoms with Gasteiger partial charge in [0.15, 0.2) is 11.5 Å². The Labute approximate surface area is 160 Å². The molecule has 1 amide bonds. The van der Waals surface area contributed by atoms with E-state index in [-0.39, 0.29) is 18.6 Å². The average molecular weight is 369 g/mol. The molecule has 0 fully saturated rings. The molecular weight excluding hydrogens is 342 g/mol. The van der Waals surface area contributed by atoms with E-state index < -0.39 is 6.10 Å². The fourth-order valence-electron chi connectivity index (χ4n) is 3.34. The number of aryl methyl sites for hydroxylation is 1. The van der Waals surface area contributed by atoms with Crippen molar-refractivity contribution in [2.75, 3.05) is 13.7 Å². The number of nitrogens with one attached hydrogen (secondary N) is 1. The molecule has 1 aliphatic heterocycles. The standard InChI is InChI=1S/C22H27NO4/c1-13(2)16-11-17(14(3)10-20(16)25-5)15(4)23-22(24)21-12-26-18-8-6-7-9-19(18)27-21/h6-11,13,15,21H,12H2,1-5H3,(H,23,24). The Morgan fingerprint density at radius 1 is 1.15 bits per heavy atom. The van der Waals surface area contributed by atoms with E-state index in [2.05, 4.69) is 25.2 Å². The van der Waals surface area contributed by atoms with Crippen LogP contribution in [0.3, 0.4) is 0 Å². The van der Waals surface area contributed by atoms with Crippen molar-refractivity contribution in [1.29, 1.82) is 0 Å². The number of para-hydroxylation sites is 2. The van der Waals surface area contributed by atoms with Crippen molar-refractivity contribution in [3.8, 4) is 17.2 Å². The lowest BCUT2D eigenvalue weighted by Gasteiger charge is -2.27. The monoisotopic (exact) mass is 369 g/mol. The largest absolute Gasteiger partial charge is 0.496 e. The molecule has 1 N–H and O–H groups in total. The van der Waals surface area contributed by atoms with E-state index in [1.165, 1.54) is 0 Å². The molecule has 1 aliphatic rings. The highest BCUT2D eigenvalue weighted by Crippen LogP contribution is 2.33. The van der Waals surface area contributed by atoms with Gasteiger partial charge in [-0.25, -0.2) is 0 Å². The van der Waals surface area contributed by atoms with Crippen molar-refractivity contribution in [2.45, 2.75) is 45.8 Å². The lowest BCUT2D eigenvalue weighted by Crippen LogP contribution is -2.44. The molecule has 0 saturated heterocycles. The smallest absolute Gasteiger partial charge is 0.265 e. The van der Waals surface area contributed by atoms with Crippen LogP contribution in [-0.2, 0) is 4.79 Å². The molecule has 0 aliphatic carbocycles. The van der Waals surface area contributed by atoms with Crippen molar-refractivity contribution >= 4 is 5.91 Å². The van der Waals surface area contributed by atoms with E-state index in [9.17, 15) is 4.79 Å². The van der Waals surface area contributed by atoms with E-state index in [1.54, 1.807) is 13.2 Å². The summed E-state index contributed by atoms with van der Waals surface area (Å²) in [5, 5.41) is 3.06. The van der Waals surface area contributed by atoms with Gasteiger partial charge in [-0.1, -0.05) is 26.0 Å². The summed E-state index contributed by atoms with van der Waals surface area (Å²) in [4.78, 5) is 12.7. The Kier molecular flexibility index (Phi) is 5.59. The molecule has 0 saturated carbocycles. The fourth-order valence-corrected chi connectivity index (χ4v) is 3.34. The molecule has 27 heavy (non-hydrogen) atoms. The van der Waals surface area contributed by atoms with Crippen LogP contribution in [0.1, 0.15) is 49.4 Å². The summed E-state index contributed by atoms with van der Waals surface area (Å²) >= 11 is 0. The van der Waals surface area contributed by atoms with Gasteiger partial charge in [-0.05, 0) is 60.7 Å². The van der Waals surface area contributed by atoms with E-state index in [1.807, 2.05) is 38.1 Å². The van der Waals surface area contributed by atoms with Crippen LogP contribution in [0.15, 0.2) is 36.4 Å². The van der Waals surface area contributed by atoms with Crippen molar-refractivity contribution < 1.29 is 19.0 Å². The molecule has 2 atom stereocenters. The first-order valence-electron chi connectivity index (χ1n) is 9.28. The number of carbonyl (C=O) groups is 1. The van der Waals surface area contributed by atoms with Gasteiger partial charge in [-0.2, -0.15) is 0 Å². The maximum Gasteiger partial charge on any atom is 0.265 e. The zero-order valence-corrected chi connectivity index (χ0v) is 16.5. The van der Waals surface area contributed by atoms with Crippen molar-refractivity contribution in [3.05, 3.63) is 53.1 Å². The molecule has 2 aromatic carbocycles. The lowest BCUT2D eigenvalue weighted by atomic mass is 9.93. The van der Waals surface area contributed by atoms with E-state index >= 15 is 0 Å². The number of ether oxygens (including phenoxy) is 3. The first-order chi connectivity index (χ1) is 12.9. The molecule has 5 nitrogen and oxygen atoms in total. The van der Waals surface area contributed by atoms with Gasteiger partial charge >= 0.3 is 0 Å². The summed E-state index contributed by atoms with van der Waals surface area (Å²) in [5.41, 5.74) is 3.28. The number of rotatable bonds is 5. The van der Waals surface area contributed by atoms with E-state index in [0.29, 0.717) is 17.4 Å². The zero-order chi connectivity index (χ0) is 19.6. The quantitative estimate of drug-likeness (QED) is 0.860. The maximum absolute atomic E-state index is 12.7. The predicted molar refractivity (Wildman–Crippen MR) is 105 cm³/mol. The minimum Gasteiger partial charge on any atom is -0.496 e. The average Bonchev–Trinajstić information content (AvgIpc) is 2.66. The SMILES string of the molecule is COc1cc(C)c(C(C)NC(=O)C2COc3ccccc3O2)cc1C(C)C. The third-order valence-corrected chi connectivity index (χ3v) is 4.87. The van der Waals surface area contributed by atoms with Crippen LogP contribution in [-0.4, -0.2) is 25.7 Å². The van der Waals surface area contributed by atoms with Crippen molar-refractivity contribution in [1.82, 2.24) is 5.32 Å². The summed E-state index contributed by atoms with van der Waals surface area (Å²) in [7, 11) is 1.68. The van der Waals surface area contributed by atoms with Gasteiger partial charge in [0, 0.05) is 0 Å². The second kappa shape index (κ2) is 7.91. The Morgan fingerprint density at radius 3 is 2.52 bits per heavy atom. The molecule has 1 heterocycles. The van der Waals surface area contributed by atoms with Crippen LogP contribution in [0.5, 0.6) is 17.2 Å². The summed E-state index contributed by atoms with van der Waals surface area (Å²) in [6, 6.07) is 11.4. The first kappa shape index (κ1) is 19.1. The van der Waals surface area contributed by atoms with E-state index in [4.69, 9.17) is 14.2 Å². The third-order valence-electron chi connectivity index (χ3n) is 4.87. The zero-order valence-electron chi connectivity index (χ0n) is 16.5. The molecule has 144 valence electrons. The molecule has 5 heteroatoms. The highest BCUT2D eigenvalue weighted by molar-refractivity contribution is 5.82. The lowest BCUT2D eigenvalue weighted by molar-refractivity contribution is -0.131. The van der Waals surface area contributed by atoms with Gasteiger partial charge < -0.3 is 19.5 Å². The minimum absolute atomic E-state index is 0.151. The number of benzene rings is 2. The number of hydrogen-bond acceptors (Lipinski definition) is 4. The molecule has 3 rings (SSSR count). The normalized spacial score (nSPS) is 16.7. The number of amides is 1. The number of methoxy groups -OCH3 is 1. The topological polar surface area (TPSA) is 56.8 Å². The highest BCUT2D eigenvalue weighted by atomic mass is 16.6. The van der Waals surface area contributed by atoms with Crippen LogP contribution >= 0.6 is 0 Å². The minimum atomic E-state index is -0.662. The van der Waals surface area contributed by atoms with Gasteiger partial charge in [-0.3, -0.25) is 4.79 Å². The molecule has 0 radical (unpaired) electrons. The fraction of sp³-hybridized carbons (Fsp3) is 0.409. The number of fused-ring (bicyclic) bond motifs is 1. The summed E-state index contributed by atoms with van der Waals surface area (Å²) in [6.45, 7) is 8.47. The number of carbonyl (C=O) groups excluding carboxylic acids is 1. The summed E-state index contributed by atoms with van der Waals surface area (Å²) in [6.07, 6.45) is -0.662. The van der Waals surface area contributed by atoms with Gasteiger partial charge in [0.1, 0.15) is 12.4 Å². The number of hydrogen-bond donors (Lipinski definition) is 1. The van der Waals surface area contributed by atoms with Crippen LogP contribution < -0.4 is 19.5 Å². The Balaban J connectivity index is 1.75. The molecule has 0 spiro atoms. The molecule has 0 bridgehead atoms. The highest BCUT2D eigenvalue weighted by Gasteiger charge is 2.28. The second-order valence-electron chi connectivity index (χ2n) is 7.20. The Hall–Kier alpha value is -2.69.